The first-order chi connectivity index (χ1) is 17.6. The topological polar surface area (TPSA) is 152 Å². The number of rotatable bonds is 9. The van der Waals surface area contributed by atoms with Gasteiger partial charge in [0.15, 0.2) is 11.5 Å². The third-order valence-electron chi connectivity index (χ3n) is 6.10. The zero-order valence-electron chi connectivity index (χ0n) is 21.4. The number of methoxy groups -OCH3 is 3. The summed E-state index contributed by atoms with van der Waals surface area (Å²) in [5, 5.41) is 16.9. The van der Waals surface area contributed by atoms with Crippen LogP contribution in [0.2, 0.25) is 0 Å². The van der Waals surface area contributed by atoms with Crippen LogP contribution in [0, 0.1) is 0 Å². The fourth-order valence-corrected chi connectivity index (χ4v) is 4.44. The minimum absolute atomic E-state index is 0.133. The summed E-state index contributed by atoms with van der Waals surface area (Å²) in [4.78, 5) is 48.3. The highest BCUT2D eigenvalue weighted by Gasteiger charge is 2.29. The van der Waals surface area contributed by atoms with Crippen molar-refractivity contribution in [2.75, 3.05) is 33.2 Å². The predicted molar refractivity (Wildman–Crippen MR) is 136 cm³/mol. The van der Waals surface area contributed by atoms with Crippen molar-refractivity contribution in [2.45, 2.75) is 38.8 Å². The standard InChI is InChI=1S/C26H31N3O8/c1-13(26(34)27-12-22(32)33)28-19-9-7-16-17(11-20(19)31)18(29-14(2)30)8-6-15-10-21(35-3)24(36-4)25(37-5)23(15)16/h7,9-11,13,18H,6,8,12H2,1-5H3,(H,27,34)(H,28,31)(H,29,30)(H,32,33). The van der Waals surface area contributed by atoms with Gasteiger partial charge in [0.2, 0.25) is 23.0 Å². The summed E-state index contributed by atoms with van der Waals surface area (Å²) in [5.74, 6) is -0.686. The highest BCUT2D eigenvalue weighted by molar-refractivity contribution is 5.87. The van der Waals surface area contributed by atoms with Crippen molar-refractivity contribution in [2.24, 2.45) is 0 Å². The van der Waals surface area contributed by atoms with Crippen LogP contribution in [0.25, 0.3) is 11.1 Å². The Kier molecular flexibility index (Phi) is 8.59. The Bertz CT molecular complexity index is 1280. The van der Waals surface area contributed by atoms with E-state index >= 15 is 0 Å². The Morgan fingerprint density at radius 3 is 2.38 bits per heavy atom. The summed E-state index contributed by atoms with van der Waals surface area (Å²) in [6.45, 7) is 2.40. The second-order valence-electron chi connectivity index (χ2n) is 8.57. The van der Waals surface area contributed by atoms with E-state index in [0.29, 0.717) is 46.8 Å². The number of nitrogens with one attached hydrogen (secondary N) is 3. The summed E-state index contributed by atoms with van der Waals surface area (Å²) in [5.41, 5.74) is 2.55. The molecule has 2 unspecified atom stereocenters. The molecule has 198 valence electrons. The van der Waals surface area contributed by atoms with Gasteiger partial charge in [-0.2, -0.15) is 0 Å². The molecule has 11 heteroatoms. The van der Waals surface area contributed by atoms with Gasteiger partial charge in [0.25, 0.3) is 0 Å². The van der Waals surface area contributed by atoms with Crippen molar-refractivity contribution in [3.05, 3.63) is 45.6 Å². The van der Waals surface area contributed by atoms with E-state index in [1.165, 1.54) is 41.2 Å². The predicted octanol–water partition coefficient (Wildman–Crippen LogP) is 1.86. The molecule has 0 radical (unpaired) electrons. The van der Waals surface area contributed by atoms with Crippen molar-refractivity contribution >= 4 is 23.5 Å². The van der Waals surface area contributed by atoms with E-state index < -0.39 is 35.9 Å². The van der Waals surface area contributed by atoms with Crippen molar-refractivity contribution < 1.29 is 33.7 Å². The minimum atomic E-state index is -1.18. The number of amides is 2. The van der Waals surface area contributed by atoms with Gasteiger partial charge in [0.1, 0.15) is 12.6 Å². The van der Waals surface area contributed by atoms with Gasteiger partial charge in [-0.1, -0.05) is 6.07 Å². The van der Waals surface area contributed by atoms with Crippen LogP contribution in [-0.4, -0.2) is 56.8 Å². The first kappa shape index (κ1) is 27.3. The van der Waals surface area contributed by atoms with Crippen molar-refractivity contribution in [1.82, 2.24) is 10.6 Å². The molecule has 0 aromatic heterocycles. The summed E-state index contributed by atoms with van der Waals surface area (Å²) in [6.07, 6.45) is 1.08. The van der Waals surface area contributed by atoms with Crippen molar-refractivity contribution in [3.8, 4) is 28.4 Å². The molecule has 4 N–H and O–H groups in total. The first-order valence-corrected chi connectivity index (χ1v) is 11.6. The third-order valence-corrected chi connectivity index (χ3v) is 6.10. The lowest BCUT2D eigenvalue weighted by molar-refractivity contribution is -0.138. The quantitative estimate of drug-likeness (QED) is 0.394. The molecule has 2 aromatic carbocycles. The molecular weight excluding hydrogens is 482 g/mol. The lowest BCUT2D eigenvalue weighted by Crippen LogP contribution is -2.40. The molecule has 2 aromatic rings. The van der Waals surface area contributed by atoms with E-state index in [1.54, 1.807) is 12.1 Å². The van der Waals surface area contributed by atoms with Gasteiger partial charge in [-0.05, 0) is 54.7 Å². The number of hydrogen-bond donors (Lipinski definition) is 4. The zero-order chi connectivity index (χ0) is 27.3. The molecule has 0 fully saturated rings. The molecule has 0 aliphatic heterocycles. The fraction of sp³-hybridized carbons (Fsp3) is 0.385. The normalized spacial score (nSPS) is 14.7. The van der Waals surface area contributed by atoms with Gasteiger partial charge in [0, 0.05) is 12.5 Å². The number of aliphatic carboxylic acids is 1. The molecule has 0 spiro atoms. The zero-order valence-corrected chi connectivity index (χ0v) is 21.4. The Balaban J connectivity index is 2.20. The van der Waals surface area contributed by atoms with Crippen LogP contribution in [-0.2, 0) is 20.8 Å². The lowest BCUT2D eigenvalue weighted by Gasteiger charge is -2.19. The number of carboxylic acids is 1. The van der Waals surface area contributed by atoms with E-state index in [4.69, 9.17) is 19.3 Å². The van der Waals surface area contributed by atoms with Crippen LogP contribution >= 0.6 is 0 Å². The first-order valence-electron chi connectivity index (χ1n) is 11.6. The number of anilines is 1. The number of carboxylic acid groups (broad SMARTS) is 1. The summed E-state index contributed by atoms with van der Waals surface area (Å²) >= 11 is 0. The van der Waals surface area contributed by atoms with Crippen LogP contribution in [0.1, 0.15) is 37.4 Å². The van der Waals surface area contributed by atoms with E-state index in [2.05, 4.69) is 16.0 Å². The summed E-state index contributed by atoms with van der Waals surface area (Å²) in [7, 11) is 4.55. The number of hydrogen-bond acceptors (Lipinski definition) is 8. The maximum absolute atomic E-state index is 13.3. The van der Waals surface area contributed by atoms with Crippen LogP contribution < -0.4 is 35.6 Å². The monoisotopic (exact) mass is 513 g/mol. The summed E-state index contributed by atoms with van der Waals surface area (Å²) in [6, 6.07) is 5.23. The Hall–Kier alpha value is -4.28. The molecule has 2 amide bonds. The van der Waals surface area contributed by atoms with Gasteiger partial charge in [0.05, 0.1) is 33.1 Å². The number of carbonyl (C=O) groups excluding carboxylic acids is 2. The number of fused-ring (bicyclic) bond motifs is 3. The van der Waals surface area contributed by atoms with Gasteiger partial charge >= 0.3 is 5.97 Å². The molecule has 0 saturated carbocycles. The van der Waals surface area contributed by atoms with Crippen LogP contribution in [0.5, 0.6) is 17.2 Å². The maximum Gasteiger partial charge on any atom is 0.322 e. The molecule has 0 saturated heterocycles. The largest absolute Gasteiger partial charge is 0.493 e. The number of carbonyl (C=O) groups is 3. The van der Waals surface area contributed by atoms with Gasteiger partial charge in [-0.3, -0.25) is 19.2 Å². The average Bonchev–Trinajstić information content (AvgIpc) is 3.10. The van der Waals surface area contributed by atoms with Gasteiger partial charge < -0.3 is 35.3 Å². The molecule has 1 aliphatic carbocycles. The molecule has 1 aliphatic rings. The number of ether oxygens (including phenoxy) is 3. The lowest BCUT2D eigenvalue weighted by atomic mass is 9.95. The van der Waals surface area contributed by atoms with E-state index in [9.17, 15) is 19.2 Å². The number of aryl methyl sites for hydroxylation is 1. The van der Waals surface area contributed by atoms with E-state index in [-0.39, 0.29) is 11.6 Å². The Morgan fingerprint density at radius 2 is 1.78 bits per heavy atom. The molecule has 0 bridgehead atoms. The van der Waals surface area contributed by atoms with Crippen LogP contribution in [0.15, 0.2) is 29.1 Å². The minimum Gasteiger partial charge on any atom is -0.493 e. The smallest absolute Gasteiger partial charge is 0.322 e. The SMILES string of the molecule is COc1cc2c(c(OC)c1OC)-c1ccc(NC(C)C(=O)NCC(=O)O)c(=O)cc1C(NC(C)=O)CC2. The highest BCUT2D eigenvalue weighted by atomic mass is 16.5. The maximum atomic E-state index is 13.3. The molecule has 11 nitrogen and oxygen atoms in total. The van der Waals surface area contributed by atoms with Crippen LogP contribution in [0.4, 0.5) is 5.69 Å². The van der Waals surface area contributed by atoms with E-state index in [0.717, 1.165) is 5.56 Å². The van der Waals surface area contributed by atoms with Crippen molar-refractivity contribution in [1.29, 1.82) is 0 Å². The summed E-state index contributed by atoms with van der Waals surface area (Å²) < 4.78 is 16.8. The number of benzene rings is 1. The second kappa shape index (κ2) is 11.6. The van der Waals surface area contributed by atoms with Crippen LogP contribution in [0.3, 0.4) is 0 Å². The third kappa shape index (κ3) is 5.93. The molecule has 3 rings (SSSR count). The van der Waals surface area contributed by atoms with Gasteiger partial charge in [-0.15, -0.1) is 0 Å². The molecule has 0 heterocycles. The molecular formula is C26H31N3O8. The molecule has 2 atom stereocenters. The van der Waals surface area contributed by atoms with Crippen molar-refractivity contribution in [3.63, 3.8) is 0 Å². The second-order valence-corrected chi connectivity index (χ2v) is 8.57. The van der Waals surface area contributed by atoms with Gasteiger partial charge in [-0.25, -0.2) is 0 Å². The average molecular weight is 514 g/mol. The molecule has 37 heavy (non-hydrogen) atoms. The Morgan fingerprint density at radius 1 is 1.08 bits per heavy atom. The fourth-order valence-electron chi connectivity index (χ4n) is 4.44. The van der Waals surface area contributed by atoms with E-state index in [1.807, 2.05) is 6.07 Å². The Labute approximate surface area is 214 Å². The highest BCUT2D eigenvalue weighted by Crippen LogP contribution is 2.50.